The monoisotopic (exact) mass is 420 g/mol. The second kappa shape index (κ2) is 7.25. The first-order chi connectivity index (χ1) is 14.7. The van der Waals surface area contributed by atoms with Gasteiger partial charge in [0.1, 0.15) is 5.75 Å². The molecule has 30 heavy (non-hydrogen) atoms. The largest absolute Gasteiger partial charge is 0.493 e. The lowest BCUT2D eigenvalue weighted by Crippen LogP contribution is -2.61. The third-order valence-electron chi connectivity index (χ3n) is 6.50. The summed E-state index contributed by atoms with van der Waals surface area (Å²) in [4.78, 5) is 20.3. The van der Waals surface area contributed by atoms with Crippen LogP contribution in [0.1, 0.15) is 41.2 Å². The van der Waals surface area contributed by atoms with Gasteiger partial charge in [-0.2, -0.15) is 0 Å². The Labute approximate surface area is 179 Å². The fraction of sp³-hybridized carbons (Fsp3) is 0.391. The summed E-state index contributed by atoms with van der Waals surface area (Å²) >= 11 is 1.70. The number of aromatic nitrogens is 1. The zero-order valence-electron chi connectivity index (χ0n) is 16.6. The summed E-state index contributed by atoms with van der Waals surface area (Å²) in [6.07, 6.45) is 3.26. The maximum Gasteiger partial charge on any atom is 0.251 e. The van der Waals surface area contributed by atoms with Crippen molar-refractivity contribution in [2.45, 2.75) is 37.4 Å². The molecule has 1 amide bonds. The van der Waals surface area contributed by atoms with E-state index in [2.05, 4.69) is 15.5 Å². The minimum Gasteiger partial charge on any atom is -0.493 e. The van der Waals surface area contributed by atoms with Crippen LogP contribution in [0.4, 0.5) is 5.13 Å². The Bertz CT molecular complexity index is 1110. The molecular formula is C23H24N4O2S. The number of carbonyl (C=O) groups excluding carboxylic acids is 1. The van der Waals surface area contributed by atoms with E-state index in [0.717, 1.165) is 46.2 Å². The Hall–Kier alpha value is -2.64. The summed E-state index contributed by atoms with van der Waals surface area (Å²) in [5.41, 5.74) is 2.70. The van der Waals surface area contributed by atoms with E-state index in [4.69, 9.17) is 9.72 Å². The number of hydrogen-bond donors (Lipinski definition) is 2. The van der Waals surface area contributed by atoms with E-state index in [1.165, 1.54) is 12.8 Å². The van der Waals surface area contributed by atoms with Gasteiger partial charge in [0.05, 0.1) is 22.9 Å². The third kappa shape index (κ3) is 3.13. The number of thiazole rings is 1. The van der Waals surface area contributed by atoms with E-state index in [9.17, 15) is 4.79 Å². The number of anilines is 1. The van der Waals surface area contributed by atoms with Gasteiger partial charge in [0.15, 0.2) is 5.13 Å². The predicted molar refractivity (Wildman–Crippen MR) is 119 cm³/mol. The van der Waals surface area contributed by atoms with Crippen LogP contribution in [0.15, 0.2) is 42.5 Å². The molecular weight excluding hydrogens is 396 g/mol. The van der Waals surface area contributed by atoms with E-state index in [1.54, 1.807) is 11.3 Å². The number of benzene rings is 2. The van der Waals surface area contributed by atoms with Crippen molar-refractivity contribution < 1.29 is 9.53 Å². The number of piperidine rings is 2. The van der Waals surface area contributed by atoms with Crippen LogP contribution in [-0.2, 0) is 0 Å². The zero-order valence-corrected chi connectivity index (χ0v) is 17.5. The van der Waals surface area contributed by atoms with E-state index in [0.29, 0.717) is 24.3 Å². The van der Waals surface area contributed by atoms with Gasteiger partial charge >= 0.3 is 0 Å². The number of piperazine rings is 1. The average Bonchev–Trinajstić information content (AvgIpc) is 3.23. The highest BCUT2D eigenvalue weighted by Crippen LogP contribution is 2.35. The number of nitrogens with zero attached hydrogens (tertiary/aromatic N) is 2. The van der Waals surface area contributed by atoms with Gasteiger partial charge in [-0.25, -0.2) is 4.98 Å². The van der Waals surface area contributed by atoms with Crippen molar-refractivity contribution in [1.82, 2.24) is 15.6 Å². The fourth-order valence-corrected chi connectivity index (χ4v) is 5.94. The van der Waals surface area contributed by atoms with Crippen molar-refractivity contribution in [3.05, 3.63) is 53.6 Å². The van der Waals surface area contributed by atoms with E-state index in [-0.39, 0.29) is 11.9 Å². The van der Waals surface area contributed by atoms with Crippen LogP contribution in [0.3, 0.4) is 0 Å². The molecule has 2 unspecified atom stereocenters. The first-order valence-corrected chi connectivity index (χ1v) is 11.5. The summed E-state index contributed by atoms with van der Waals surface area (Å²) < 4.78 is 6.78. The number of nitrogens with one attached hydrogen (secondary N) is 2. The molecule has 0 saturated carbocycles. The Balaban J connectivity index is 1.24. The van der Waals surface area contributed by atoms with Crippen LogP contribution in [0.2, 0.25) is 0 Å². The van der Waals surface area contributed by atoms with Crippen LogP contribution in [-0.4, -0.2) is 42.7 Å². The number of ether oxygens (including phenoxy) is 1. The summed E-state index contributed by atoms with van der Waals surface area (Å²) in [7, 11) is 0. The Kier molecular flexibility index (Phi) is 4.39. The molecule has 5 heterocycles. The number of rotatable bonds is 3. The van der Waals surface area contributed by atoms with Gasteiger partial charge in [-0.3, -0.25) is 4.79 Å². The third-order valence-corrected chi connectivity index (χ3v) is 7.55. The van der Waals surface area contributed by atoms with Crippen LogP contribution < -0.4 is 20.3 Å². The molecule has 3 fully saturated rings. The minimum absolute atomic E-state index is 0.0217. The second-order valence-electron chi connectivity index (χ2n) is 8.37. The predicted octanol–water partition coefficient (Wildman–Crippen LogP) is 3.49. The summed E-state index contributed by atoms with van der Waals surface area (Å²) in [5.74, 6) is 0.816. The molecule has 1 aromatic heterocycles. The first-order valence-electron chi connectivity index (χ1n) is 10.7. The maximum absolute atomic E-state index is 13.0. The van der Waals surface area contributed by atoms with Gasteiger partial charge in [0.2, 0.25) is 0 Å². The van der Waals surface area contributed by atoms with Crippen molar-refractivity contribution in [3.63, 3.8) is 0 Å². The van der Waals surface area contributed by atoms with Gasteiger partial charge in [0, 0.05) is 42.7 Å². The van der Waals surface area contributed by atoms with Crippen molar-refractivity contribution in [3.8, 4) is 5.75 Å². The van der Waals surface area contributed by atoms with Crippen molar-refractivity contribution in [2.75, 3.05) is 24.6 Å². The highest BCUT2D eigenvalue weighted by Gasteiger charge is 2.35. The topological polar surface area (TPSA) is 66.5 Å². The smallest absolute Gasteiger partial charge is 0.251 e. The van der Waals surface area contributed by atoms with Gasteiger partial charge in [-0.05, 0) is 37.1 Å². The molecule has 0 radical (unpaired) electrons. The maximum atomic E-state index is 13.0. The number of carbonyl (C=O) groups is 1. The van der Waals surface area contributed by atoms with Gasteiger partial charge < -0.3 is 20.3 Å². The molecule has 2 bridgehead atoms. The number of fused-ring (bicyclic) bond motifs is 5. The molecule has 7 heteroatoms. The molecule has 2 N–H and O–H groups in total. The van der Waals surface area contributed by atoms with E-state index < -0.39 is 0 Å². The standard InChI is InChI=1S/C23H24N4O2S/c28-22(25-18-9-10-29-20-4-2-1-3-17(18)20)14-5-8-19-21(11-14)30-23(26-19)27-13-15-6-7-16(27)12-24-15/h1-5,8,11,15-16,18,24H,6-7,9-10,12-13H2,(H,25,28)/t15?,16?,18-/m0/s1. The number of amides is 1. The Morgan fingerprint density at radius 3 is 2.97 bits per heavy atom. The summed E-state index contributed by atoms with van der Waals surface area (Å²) in [6.45, 7) is 2.69. The molecule has 6 nitrogen and oxygen atoms in total. The normalized spacial score (nSPS) is 25.1. The van der Waals surface area contributed by atoms with Crippen LogP contribution in [0, 0.1) is 0 Å². The molecule has 7 rings (SSSR count). The number of hydrogen-bond acceptors (Lipinski definition) is 6. The zero-order chi connectivity index (χ0) is 20.1. The van der Waals surface area contributed by atoms with Crippen LogP contribution in [0.5, 0.6) is 5.75 Å². The lowest BCUT2D eigenvalue weighted by Gasteiger charge is -2.45. The van der Waals surface area contributed by atoms with E-state index in [1.807, 2.05) is 42.5 Å². The van der Waals surface area contributed by atoms with Crippen molar-refractivity contribution >= 4 is 32.6 Å². The van der Waals surface area contributed by atoms with Gasteiger partial charge in [-0.1, -0.05) is 29.5 Å². The molecule has 4 aliphatic rings. The van der Waals surface area contributed by atoms with Crippen LogP contribution in [0.25, 0.3) is 10.2 Å². The molecule has 3 atom stereocenters. The highest BCUT2D eigenvalue weighted by molar-refractivity contribution is 7.22. The SMILES string of the molecule is O=C(N[C@H]1CCOc2ccccc21)c1ccc2nc(N3CC4CCC3CN4)sc2c1. The molecule has 2 aromatic carbocycles. The van der Waals surface area contributed by atoms with Crippen LogP contribution >= 0.6 is 11.3 Å². The minimum atomic E-state index is -0.0465. The Morgan fingerprint density at radius 2 is 2.13 bits per heavy atom. The number of para-hydroxylation sites is 1. The molecule has 3 saturated heterocycles. The summed E-state index contributed by atoms with van der Waals surface area (Å²) in [6, 6.07) is 14.9. The molecule has 0 aliphatic carbocycles. The molecule has 4 aliphatic heterocycles. The van der Waals surface area contributed by atoms with Gasteiger partial charge in [-0.15, -0.1) is 0 Å². The molecule has 154 valence electrons. The Morgan fingerprint density at radius 1 is 1.20 bits per heavy atom. The van der Waals surface area contributed by atoms with Crippen molar-refractivity contribution in [1.29, 1.82) is 0 Å². The fourth-order valence-electron chi connectivity index (χ4n) is 4.85. The lowest BCUT2D eigenvalue weighted by molar-refractivity contribution is 0.0925. The molecule has 3 aromatic rings. The van der Waals surface area contributed by atoms with Gasteiger partial charge in [0.25, 0.3) is 5.91 Å². The summed E-state index contributed by atoms with van der Waals surface area (Å²) in [5, 5.41) is 7.87. The average molecular weight is 421 g/mol. The molecule has 0 spiro atoms. The second-order valence-corrected chi connectivity index (χ2v) is 9.38. The lowest BCUT2D eigenvalue weighted by atomic mass is 9.94. The quantitative estimate of drug-likeness (QED) is 0.679. The first kappa shape index (κ1) is 18.2. The van der Waals surface area contributed by atoms with E-state index >= 15 is 0 Å². The van der Waals surface area contributed by atoms with Crippen molar-refractivity contribution in [2.24, 2.45) is 0 Å². The highest BCUT2D eigenvalue weighted by atomic mass is 32.1.